The summed E-state index contributed by atoms with van der Waals surface area (Å²) < 4.78 is 1.09. The summed E-state index contributed by atoms with van der Waals surface area (Å²) in [6.45, 7) is 4.86. The van der Waals surface area contributed by atoms with E-state index in [2.05, 4.69) is 40.3 Å². The molecule has 0 unspecified atom stereocenters. The van der Waals surface area contributed by atoms with E-state index in [1.54, 1.807) is 24.3 Å². The second-order valence-corrected chi connectivity index (χ2v) is 10.8. The van der Waals surface area contributed by atoms with Gasteiger partial charge in [-0.25, -0.2) is 4.98 Å². The van der Waals surface area contributed by atoms with Gasteiger partial charge < -0.3 is 21.3 Å². The summed E-state index contributed by atoms with van der Waals surface area (Å²) in [4.78, 5) is 42.9. The van der Waals surface area contributed by atoms with Gasteiger partial charge in [0.1, 0.15) is 6.04 Å². The minimum atomic E-state index is -0.726. The fourth-order valence-corrected chi connectivity index (χ4v) is 5.79. The van der Waals surface area contributed by atoms with E-state index in [9.17, 15) is 14.4 Å². The van der Waals surface area contributed by atoms with Gasteiger partial charge in [-0.1, -0.05) is 45.3 Å². The molecule has 1 aliphatic carbocycles. The number of aryl methyl sites for hydroxylation is 1. The maximum absolute atomic E-state index is 13.5. The number of carbonyl (C=O) groups is 3. The van der Waals surface area contributed by atoms with Crippen LogP contribution in [0.4, 0.5) is 0 Å². The van der Waals surface area contributed by atoms with Gasteiger partial charge in [-0.2, -0.15) is 0 Å². The number of hydrogen-bond acceptors (Lipinski definition) is 6. The van der Waals surface area contributed by atoms with Crippen LogP contribution in [-0.4, -0.2) is 54.9 Å². The van der Waals surface area contributed by atoms with Crippen molar-refractivity contribution in [3.8, 4) is 0 Å². The van der Waals surface area contributed by atoms with Gasteiger partial charge >= 0.3 is 0 Å². The van der Waals surface area contributed by atoms with Crippen LogP contribution in [-0.2, 0) is 27.2 Å². The number of benzene rings is 1. The lowest BCUT2D eigenvalue weighted by molar-refractivity contribution is -0.129. The Morgan fingerprint density at radius 3 is 2.62 bits per heavy atom. The number of likely N-dealkylation sites (N-methyl/N-ethyl adjacent to an activating group) is 1. The van der Waals surface area contributed by atoms with Crippen LogP contribution in [0.1, 0.15) is 62.9 Å². The first-order valence-electron chi connectivity index (χ1n) is 13.5. The van der Waals surface area contributed by atoms with Gasteiger partial charge in [-0.3, -0.25) is 14.4 Å². The highest BCUT2D eigenvalue weighted by molar-refractivity contribution is 7.18. The second kappa shape index (κ2) is 14.8. The van der Waals surface area contributed by atoms with Crippen molar-refractivity contribution in [2.24, 2.45) is 5.92 Å². The van der Waals surface area contributed by atoms with Gasteiger partial charge in [-0.15, -0.1) is 11.3 Å². The second-order valence-electron chi connectivity index (χ2n) is 9.66. The number of nitrogens with one attached hydrogen (secondary N) is 4. The molecule has 0 spiro atoms. The van der Waals surface area contributed by atoms with E-state index in [0.29, 0.717) is 25.9 Å². The largest absolute Gasteiger partial charge is 0.350 e. The van der Waals surface area contributed by atoms with Gasteiger partial charge in [0.25, 0.3) is 0 Å². The lowest BCUT2D eigenvalue weighted by Crippen LogP contribution is -2.55. The highest BCUT2D eigenvalue weighted by Gasteiger charge is 2.29. The SMILES string of the molecule is CCC(=O)N[C@@H](Cc1nc2ccc(CC)cc2s1)C(=O)N[C@H](CNC(=O)/C=C/CNC)C1CCCCC1. The van der Waals surface area contributed by atoms with E-state index in [-0.39, 0.29) is 29.7 Å². The number of rotatable bonds is 13. The van der Waals surface area contributed by atoms with Crippen molar-refractivity contribution in [2.75, 3.05) is 20.1 Å². The van der Waals surface area contributed by atoms with Crippen LogP contribution in [0.2, 0.25) is 0 Å². The van der Waals surface area contributed by atoms with Crippen LogP contribution in [0, 0.1) is 5.92 Å². The molecule has 4 N–H and O–H groups in total. The average Bonchev–Trinajstić information content (AvgIpc) is 3.32. The summed E-state index contributed by atoms with van der Waals surface area (Å²) in [5.74, 6) is -0.295. The van der Waals surface area contributed by atoms with Gasteiger partial charge in [0, 0.05) is 38.0 Å². The molecule has 2 aromatic rings. The molecule has 202 valence electrons. The van der Waals surface area contributed by atoms with Crippen LogP contribution in [0.25, 0.3) is 10.2 Å². The third kappa shape index (κ3) is 8.93. The molecule has 1 saturated carbocycles. The van der Waals surface area contributed by atoms with E-state index in [1.165, 1.54) is 18.1 Å². The summed E-state index contributed by atoms with van der Waals surface area (Å²) in [5, 5.41) is 12.8. The van der Waals surface area contributed by atoms with Gasteiger partial charge in [0.2, 0.25) is 17.7 Å². The number of amides is 3. The zero-order valence-corrected chi connectivity index (χ0v) is 23.1. The van der Waals surface area contributed by atoms with Crippen molar-refractivity contribution in [2.45, 2.75) is 77.3 Å². The van der Waals surface area contributed by atoms with Crippen LogP contribution in [0.15, 0.2) is 30.4 Å². The topological polar surface area (TPSA) is 112 Å². The third-order valence-corrected chi connectivity index (χ3v) is 7.93. The molecule has 37 heavy (non-hydrogen) atoms. The smallest absolute Gasteiger partial charge is 0.243 e. The highest BCUT2D eigenvalue weighted by atomic mass is 32.1. The maximum atomic E-state index is 13.5. The predicted molar refractivity (Wildman–Crippen MR) is 150 cm³/mol. The first-order chi connectivity index (χ1) is 17.9. The molecule has 9 heteroatoms. The molecule has 0 radical (unpaired) electrons. The van der Waals surface area contributed by atoms with Crippen molar-refractivity contribution in [1.82, 2.24) is 26.3 Å². The average molecular weight is 528 g/mol. The van der Waals surface area contributed by atoms with Gasteiger partial charge in [0.15, 0.2) is 0 Å². The summed E-state index contributed by atoms with van der Waals surface area (Å²) in [6.07, 6.45) is 10.3. The Balaban J connectivity index is 1.74. The van der Waals surface area contributed by atoms with Crippen LogP contribution in [0.3, 0.4) is 0 Å². The van der Waals surface area contributed by atoms with Gasteiger partial charge in [0.05, 0.1) is 15.2 Å². The summed E-state index contributed by atoms with van der Waals surface area (Å²) in [7, 11) is 1.82. The van der Waals surface area contributed by atoms with Crippen molar-refractivity contribution >= 4 is 39.3 Å². The lowest BCUT2D eigenvalue weighted by atomic mass is 9.83. The Bertz CT molecular complexity index is 1080. The fourth-order valence-electron chi connectivity index (χ4n) is 4.71. The standard InChI is InChI=1S/C28H41N5O3S/c1-4-19-13-14-21-24(16-19)37-27(32-21)17-22(31-25(34)5-2)28(36)33-23(20-10-7-6-8-11-20)18-30-26(35)12-9-15-29-3/h9,12-14,16,20,22-23,29H,4-8,10-11,15,17-18H2,1-3H3,(H,30,35)(H,31,34)(H,33,36)/b12-9+/t22-,23+/m0/s1. The van der Waals surface area contributed by atoms with Crippen LogP contribution >= 0.6 is 11.3 Å². The summed E-state index contributed by atoms with van der Waals surface area (Å²) in [5.41, 5.74) is 2.15. The Labute approximate surface area is 224 Å². The van der Waals surface area contributed by atoms with Crippen LogP contribution < -0.4 is 21.3 Å². The zero-order chi connectivity index (χ0) is 26.6. The first-order valence-corrected chi connectivity index (χ1v) is 14.3. The molecule has 3 amide bonds. The van der Waals surface area contributed by atoms with E-state index in [0.717, 1.165) is 47.3 Å². The molecule has 1 aromatic heterocycles. The van der Waals surface area contributed by atoms with E-state index < -0.39 is 6.04 Å². The fraction of sp³-hybridized carbons (Fsp3) is 0.571. The van der Waals surface area contributed by atoms with Crippen molar-refractivity contribution in [3.63, 3.8) is 0 Å². The predicted octanol–water partition coefficient (Wildman–Crippen LogP) is 3.25. The third-order valence-electron chi connectivity index (χ3n) is 6.89. The maximum Gasteiger partial charge on any atom is 0.243 e. The molecule has 1 fully saturated rings. The van der Waals surface area contributed by atoms with E-state index >= 15 is 0 Å². The molecule has 1 heterocycles. The Hall–Kier alpha value is -2.78. The van der Waals surface area contributed by atoms with E-state index in [1.807, 2.05) is 13.1 Å². The number of hydrogen-bond donors (Lipinski definition) is 4. The Morgan fingerprint density at radius 1 is 1.14 bits per heavy atom. The Kier molecular flexibility index (Phi) is 11.5. The molecule has 0 bridgehead atoms. The monoisotopic (exact) mass is 527 g/mol. The van der Waals surface area contributed by atoms with Crippen molar-refractivity contribution in [3.05, 3.63) is 40.9 Å². The molecule has 2 atom stereocenters. The molecular weight excluding hydrogens is 486 g/mol. The van der Waals surface area contributed by atoms with E-state index in [4.69, 9.17) is 4.98 Å². The lowest BCUT2D eigenvalue weighted by Gasteiger charge is -2.32. The highest BCUT2D eigenvalue weighted by Crippen LogP contribution is 2.27. The number of fused-ring (bicyclic) bond motifs is 1. The molecule has 1 aromatic carbocycles. The summed E-state index contributed by atoms with van der Waals surface area (Å²) in [6, 6.07) is 5.31. The normalized spacial score (nSPS) is 16.0. The Morgan fingerprint density at radius 2 is 1.92 bits per heavy atom. The molecular formula is C28H41N5O3S. The minimum Gasteiger partial charge on any atom is -0.350 e. The zero-order valence-electron chi connectivity index (χ0n) is 22.3. The molecule has 8 nitrogen and oxygen atoms in total. The molecule has 3 rings (SSSR count). The molecule has 0 aliphatic heterocycles. The summed E-state index contributed by atoms with van der Waals surface area (Å²) >= 11 is 1.57. The van der Waals surface area contributed by atoms with Gasteiger partial charge in [-0.05, 0) is 49.9 Å². The van der Waals surface area contributed by atoms with Crippen molar-refractivity contribution in [1.29, 1.82) is 0 Å². The minimum absolute atomic E-state index is 0.174. The number of thiazole rings is 1. The quantitative estimate of drug-likeness (QED) is 0.299. The number of nitrogens with zero attached hydrogens (tertiary/aromatic N) is 1. The van der Waals surface area contributed by atoms with Crippen molar-refractivity contribution < 1.29 is 14.4 Å². The first kappa shape index (κ1) is 28.8. The molecule has 0 saturated heterocycles. The van der Waals surface area contributed by atoms with Crippen LogP contribution in [0.5, 0.6) is 0 Å². The number of aromatic nitrogens is 1. The molecule has 1 aliphatic rings. The number of carbonyl (C=O) groups excluding carboxylic acids is 3.